The van der Waals surface area contributed by atoms with Crippen LogP contribution >= 0.6 is 23.2 Å². The number of rotatable bonds is 4. The number of amides is 1. The maximum Gasteiger partial charge on any atom is 0.429 e. The number of benzene rings is 2. The molecule has 0 unspecified atom stereocenters. The predicted molar refractivity (Wildman–Crippen MR) is 117 cm³/mol. The first-order chi connectivity index (χ1) is 14.1. The van der Waals surface area contributed by atoms with Gasteiger partial charge in [0.25, 0.3) is 0 Å². The van der Waals surface area contributed by atoms with E-state index in [0.29, 0.717) is 28.7 Å². The van der Waals surface area contributed by atoms with Gasteiger partial charge >= 0.3 is 12.1 Å². The van der Waals surface area contributed by atoms with Gasteiger partial charge in [-0.3, -0.25) is 5.01 Å². The van der Waals surface area contributed by atoms with E-state index in [1.165, 1.54) is 0 Å². The van der Waals surface area contributed by atoms with Gasteiger partial charge in [0.15, 0.2) is 0 Å². The summed E-state index contributed by atoms with van der Waals surface area (Å²) in [5.74, 6) is -0.467. The Morgan fingerprint density at radius 2 is 1.80 bits per heavy atom. The highest BCUT2D eigenvalue weighted by Gasteiger charge is 2.31. The fourth-order valence-corrected chi connectivity index (χ4v) is 3.36. The standard InChI is InChI=1S/C22H24Cl2N2O4/c1-22(2,3)30-21(28)26-11-5-10-25(26)17-7-4-6-16(13-17)20(27)29-14-15-8-9-18(23)19(24)12-15/h4,6-9,12-13H,5,10-11,14H2,1-3H3. The second-order valence-electron chi connectivity index (χ2n) is 7.96. The molecule has 0 atom stereocenters. The smallest absolute Gasteiger partial charge is 0.429 e. The highest BCUT2D eigenvalue weighted by Crippen LogP contribution is 2.26. The van der Waals surface area contributed by atoms with E-state index in [4.69, 9.17) is 32.7 Å². The van der Waals surface area contributed by atoms with E-state index in [9.17, 15) is 9.59 Å². The molecule has 1 aliphatic rings. The maximum atomic E-state index is 12.5. The summed E-state index contributed by atoms with van der Waals surface area (Å²) in [4.78, 5) is 25.1. The maximum absolute atomic E-state index is 12.5. The average molecular weight is 451 g/mol. The molecule has 0 aromatic heterocycles. The van der Waals surface area contributed by atoms with Crippen LogP contribution in [0.3, 0.4) is 0 Å². The fraction of sp³-hybridized carbons (Fsp3) is 0.364. The summed E-state index contributed by atoms with van der Waals surface area (Å²) in [5.41, 5.74) is 1.28. The van der Waals surface area contributed by atoms with Crippen LogP contribution in [0.4, 0.5) is 10.5 Å². The molecule has 1 fully saturated rings. The number of carbonyl (C=O) groups excluding carboxylic acids is 2. The summed E-state index contributed by atoms with van der Waals surface area (Å²) in [7, 11) is 0. The topological polar surface area (TPSA) is 59.1 Å². The molecule has 1 aliphatic heterocycles. The Morgan fingerprint density at radius 1 is 1.03 bits per heavy atom. The third-order valence-corrected chi connectivity index (χ3v) is 5.11. The largest absolute Gasteiger partial charge is 0.457 e. The van der Waals surface area contributed by atoms with Crippen LogP contribution in [0, 0.1) is 0 Å². The molecule has 8 heteroatoms. The Bertz CT molecular complexity index is 943. The van der Waals surface area contributed by atoms with E-state index in [0.717, 1.165) is 17.7 Å². The van der Waals surface area contributed by atoms with E-state index in [2.05, 4.69) is 0 Å². The van der Waals surface area contributed by atoms with Gasteiger partial charge in [-0.1, -0.05) is 35.3 Å². The summed E-state index contributed by atoms with van der Waals surface area (Å²) in [6.45, 7) is 6.77. The van der Waals surface area contributed by atoms with Crippen molar-refractivity contribution in [2.45, 2.75) is 39.4 Å². The lowest BCUT2D eigenvalue weighted by molar-refractivity contribution is 0.0274. The monoisotopic (exact) mass is 450 g/mol. The highest BCUT2D eigenvalue weighted by atomic mass is 35.5. The molecule has 2 aromatic carbocycles. The zero-order valence-electron chi connectivity index (χ0n) is 17.2. The number of anilines is 1. The summed E-state index contributed by atoms with van der Waals surface area (Å²) in [6, 6.07) is 12.1. The van der Waals surface area contributed by atoms with Gasteiger partial charge in [0, 0.05) is 13.1 Å². The molecule has 0 saturated carbocycles. The van der Waals surface area contributed by atoms with Crippen LogP contribution in [0.2, 0.25) is 10.0 Å². The molecule has 0 bridgehead atoms. The first-order valence-corrected chi connectivity index (χ1v) is 10.4. The van der Waals surface area contributed by atoms with Crippen LogP contribution in [0.25, 0.3) is 0 Å². The Kier molecular flexibility index (Phi) is 6.78. The van der Waals surface area contributed by atoms with Gasteiger partial charge in [0.1, 0.15) is 12.2 Å². The molecular weight excluding hydrogens is 427 g/mol. The molecule has 2 aromatic rings. The quantitative estimate of drug-likeness (QED) is 0.557. The summed E-state index contributed by atoms with van der Waals surface area (Å²) in [5, 5.41) is 4.23. The molecule has 0 radical (unpaired) electrons. The second kappa shape index (κ2) is 9.14. The van der Waals surface area contributed by atoms with Crippen molar-refractivity contribution in [1.29, 1.82) is 0 Å². The Balaban J connectivity index is 1.69. The number of hydrogen-bond donors (Lipinski definition) is 0. The summed E-state index contributed by atoms with van der Waals surface area (Å²) < 4.78 is 10.9. The van der Waals surface area contributed by atoms with E-state index < -0.39 is 17.7 Å². The molecule has 0 aliphatic carbocycles. The number of nitrogens with zero attached hydrogens (tertiary/aromatic N) is 2. The molecule has 0 spiro atoms. The van der Waals surface area contributed by atoms with E-state index >= 15 is 0 Å². The van der Waals surface area contributed by atoms with Crippen LogP contribution in [-0.2, 0) is 16.1 Å². The van der Waals surface area contributed by atoms with Gasteiger partial charge < -0.3 is 9.47 Å². The highest BCUT2D eigenvalue weighted by molar-refractivity contribution is 6.42. The van der Waals surface area contributed by atoms with Gasteiger partial charge in [-0.15, -0.1) is 0 Å². The van der Waals surface area contributed by atoms with Gasteiger partial charge in [0.05, 0.1) is 21.3 Å². The molecule has 160 valence electrons. The van der Waals surface area contributed by atoms with Crippen molar-refractivity contribution in [2.24, 2.45) is 0 Å². The van der Waals surface area contributed by atoms with E-state index in [-0.39, 0.29) is 6.61 Å². The molecule has 3 rings (SSSR count). The van der Waals surface area contributed by atoms with Crippen molar-refractivity contribution in [3.8, 4) is 0 Å². The van der Waals surface area contributed by atoms with Crippen molar-refractivity contribution < 1.29 is 19.1 Å². The zero-order valence-corrected chi connectivity index (χ0v) is 18.7. The zero-order chi connectivity index (χ0) is 21.9. The van der Waals surface area contributed by atoms with E-state index in [1.54, 1.807) is 41.4 Å². The van der Waals surface area contributed by atoms with Crippen LogP contribution in [-0.4, -0.2) is 35.8 Å². The van der Waals surface area contributed by atoms with Crippen LogP contribution in [0.1, 0.15) is 43.1 Å². The number of hydrazine groups is 1. The van der Waals surface area contributed by atoms with Crippen LogP contribution in [0.5, 0.6) is 0 Å². The van der Waals surface area contributed by atoms with Crippen molar-refractivity contribution in [2.75, 3.05) is 18.1 Å². The normalized spacial score (nSPS) is 14.0. The fourth-order valence-electron chi connectivity index (χ4n) is 3.04. The van der Waals surface area contributed by atoms with Crippen LogP contribution < -0.4 is 5.01 Å². The molecule has 1 heterocycles. The molecule has 1 amide bonds. The minimum atomic E-state index is -0.582. The average Bonchev–Trinajstić information content (AvgIpc) is 3.17. The van der Waals surface area contributed by atoms with Crippen molar-refractivity contribution in [3.63, 3.8) is 0 Å². The molecule has 1 saturated heterocycles. The number of halogens is 2. The third kappa shape index (κ3) is 5.58. The SMILES string of the molecule is CC(C)(C)OC(=O)N1CCCN1c1cccc(C(=O)OCc2ccc(Cl)c(Cl)c2)c1. The Labute approximate surface area is 186 Å². The number of hydrogen-bond acceptors (Lipinski definition) is 5. The van der Waals surface area contributed by atoms with Gasteiger partial charge in [-0.25, -0.2) is 14.6 Å². The Morgan fingerprint density at radius 3 is 2.50 bits per heavy atom. The minimum absolute atomic E-state index is 0.0771. The summed E-state index contributed by atoms with van der Waals surface area (Å²) >= 11 is 11.9. The van der Waals surface area contributed by atoms with E-state index in [1.807, 2.05) is 31.8 Å². The number of ether oxygens (including phenoxy) is 2. The lowest BCUT2D eigenvalue weighted by atomic mass is 10.2. The second-order valence-corrected chi connectivity index (χ2v) is 8.77. The van der Waals surface area contributed by atoms with Gasteiger partial charge in [0.2, 0.25) is 0 Å². The lowest BCUT2D eigenvalue weighted by Crippen LogP contribution is -2.44. The van der Waals surface area contributed by atoms with Crippen molar-refractivity contribution in [1.82, 2.24) is 5.01 Å². The van der Waals surface area contributed by atoms with Crippen molar-refractivity contribution >= 4 is 41.0 Å². The predicted octanol–water partition coefficient (Wildman–Crippen LogP) is 5.71. The third-order valence-electron chi connectivity index (χ3n) is 4.37. The lowest BCUT2D eigenvalue weighted by Gasteiger charge is -2.31. The first kappa shape index (κ1) is 22.2. The minimum Gasteiger partial charge on any atom is -0.457 e. The van der Waals surface area contributed by atoms with Crippen molar-refractivity contribution in [3.05, 3.63) is 63.6 Å². The number of carbonyl (C=O) groups is 2. The van der Waals surface area contributed by atoms with Crippen LogP contribution in [0.15, 0.2) is 42.5 Å². The molecule has 6 nitrogen and oxygen atoms in total. The molecule has 0 N–H and O–H groups in total. The van der Waals surface area contributed by atoms with Gasteiger partial charge in [-0.05, 0) is 63.1 Å². The number of esters is 1. The first-order valence-electron chi connectivity index (χ1n) is 9.63. The Hall–Kier alpha value is -2.44. The summed E-state index contributed by atoms with van der Waals surface area (Å²) in [6.07, 6.45) is 0.401. The van der Waals surface area contributed by atoms with Gasteiger partial charge in [-0.2, -0.15) is 0 Å². The molecule has 30 heavy (non-hydrogen) atoms. The molecular formula is C22H24Cl2N2O4.